The van der Waals surface area contributed by atoms with Crippen molar-refractivity contribution in [2.24, 2.45) is 0 Å². The minimum Gasteiger partial charge on any atom is -0.351 e. The van der Waals surface area contributed by atoms with Gasteiger partial charge in [-0.05, 0) is 12.1 Å². The number of benzene rings is 1. The highest BCUT2D eigenvalue weighted by Gasteiger charge is 2.19. The molecule has 120 valence electrons. The Labute approximate surface area is 144 Å². The second-order valence-electron chi connectivity index (χ2n) is 5.64. The Kier molecular flexibility index (Phi) is 3.81. The fourth-order valence-electron chi connectivity index (χ4n) is 2.91. The number of rotatable bonds is 2. The molecule has 0 spiro atoms. The van der Waals surface area contributed by atoms with Crippen molar-refractivity contribution in [2.45, 2.75) is 0 Å². The highest BCUT2D eigenvalue weighted by Crippen LogP contribution is 2.26. The molecule has 6 nitrogen and oxygen atoms in total. The van der Waals surface area contributed by atoms with Gasteiger partial charge in [-0.2, -0.15) is 5.26 Å². The van der Waals surface area contributed by atoms with Crippen LogP contribution in [-0.2, 0) is 0 Å². The van der Waals surface area contributed by atoms with Gasteiger partial charge in [0.05, 0.1) is 11.9 Å². The molecule has 0 atom stereocenters. The van der Waals surface area contributed by atoms with Gasteiger partial charge in [0.25, 0.3) is 0 Å². The molecule has 1 N–H and O–H groups in total. The lowest BCUT2D eigenvalue weighted by molar-refractivity contribution is 0.585. The number of fused-ring (bicyclic) bond motifs is 1. The normalized spacial score (nSPS) is 14.8. The van der Waals surface area contributed by atoms with Gasteiger partial charge in [0.15, 0.2) is 11.5 Å². The van der Waals surface area contributed by atoms with Crippen molar-refractivity contribution in [3.8, 4) is 17.3 Å². The van der Waals surface area contributed by atoms with Gasteiger partial charge in [-0.15, -0.1) is 0 Å². The Morgan fingerprint density at radius 1 is 1.17 bits per heavy atom. The van der Waals surface area contributed by atoms with Crippen LogP contribution in [0.1, 0.15) is 5.69 Å². The zero-order valence-electron chi connectivity index (χ0n) is 12.9. The van der Waals surface area contributed by atoms with Crippen molar-refractivity contribution < 1.29 is 0 Å². The minimum atomic E-state index is 0.469. The number of imidazole rings is 1. The van der Waals surface area contributed by atoms with E-state index in [2.05, 4.69) is 21.3 Å². The Hall–Kier alpha value is -2.62. The molecule has 1 fully saturated rings. The molecule has 1 saturated heterocycles. The van der Waals surface area contributed by atoms with Gasteiger partial charge >= 0.3 is 0 Å². The van der Waals surface area contributed by atoms with Gasteiger partial charge in [0.1, 0.15) is 11.8 Å². The zero-order valence-corrected chi connectivity index (χ0v) is 13.7. The Morgan fingerprint density at radius 3 is 2.62 bits per heavy atom. The van der Waals surface area contributed by atoms with E-state index in [4.69, 9.17) is 16.6 Å². The number of nitriles is 1. The van der Waals surface area contributed by atoms with Crippen LogP contribution in [0.3, 0.4) is 0 Å². The monoisotopic (exact) mass is 338 g/mol. The van der Waals surface area contributed by atoms with Crippen LogP contribution < -0.4 is 10.2 Å². The summed E-state index contributed by atoms with van der Waals surface area (Å²) in [7, 11) is 0. The summed E-state index contributed by atoms with van der Waals surface area (Å²) in [6.07, 6.45) is 3.49. The molecule has 1 aliphatic rings. The van der Waals surface area contributed by atoms with Crippen LogP contribution in [0.15, 0.2) is 36.7 Å². The molecule has 4 rings (SSSR count). The van der Waals surface area contributed by atoms with Gasteiger partial charge in [-0.3, -0.25) is 4.40 Å². The fourth-order valence-corrected chi connectivity index (χ4v) is 3.03. The Bertz CT molecular complexity index is 919. The second kappa shape index (κ2) is 6.11. The first-order valence-corrected chi connectivity index (χ1v) is 8.14. The molecule has 1 aromatic carbocycles. The molecule has 0 amide bonds. The third-order valence-corrected chi connectivity index (χ3v) is 4.40. The summed E-state index contributed by atoms with van der Waals surface area (Å²) in [5.74, 6) is 0.815. The SMILES string of the molecule is N#Cc1cnc(N2CCNCC2)c2nc(-c3ccc(Cl)cc3)cn12. The maximum Gasteiger partial charge on any atom is 0.181 e. The number of anilines is 1. The first-order valence-electron chi connectivity index (χ1n) is 7.76. The van der Waals surface area contributed by atoms with E-state index in [0.717, 1.165) is 43.3 Å². The number of nitrogens with zero attached hydrogens (tertiary/aromatic N) is 5. The van der Waals surface area contributed by atoms with E-state index in [1.54, 1.807) is 6.20 Å². The molecule has 7 heteroatoms. The molecular formula is C17H15ClN6. The lowest BCUT2D eigenvalue weighted by Gasteiger charge is -2.28. The zero-order chi connectivity index (χ0) is 16.5. The third kappa shape index (κ3) is 2.58. The summed E-state index contributed by atoms with van der Waals surface area (Å²) >= 11 is 5.96. The smallest absolute Gasteiger partial charge is 0.181 e. The summed E-state index contributed by atoms with van der Waals surface area (Å²) in [5, 5.41) is 13.4. The quantitative estimate of drug-likeness (QED) is 0.776. The van der Waals surface area contributed by atoms with E-state index >= 15 is 0 Å². The van der Waals surface area contributed by atoms with Gasteiger partial charge in [0, 0.05) is 43.0 Å². The van der Waals surface area contributed by atoms with Crippen molar-refractivity contribution in [3.63, 3.8) is 0 Å². The van der Waals surface area contributed by atoms with Crippen molar-refractivity contribution in [2.75, 3.05) is 31.1 Å². The molecule has 0 saturated carbocycles. The summed E-state index contributed by atoms with van der Waals surface area (Å²) < 4.78 is 1.81. The van der Waals surface area contributed by atoms with Gasteiger partial charge in [0.2, 0.25) is 0 Å². The van der Waals surface area contributed by atoms with E-state index in [-0.39, 0.29) is 0 Å². The lowest BCUT2D eigenvalue weighted by atomic mass is 10.2. The van der Waals surface area contributed by atoms with Crippen LogP contribution in [0.5, 0.6) is 0 Å². The van der Waals surface area contributed by atoms with Crippen LogP contribution in [0, 0.1) is 11.3 Å². The van der Waals surface area contributed by atoms with E-state index in [0.29, 0.717) is 16.4 Å². The van der Waals surface area contributed by atoms with Gasteiger partial charge < -0.3 is 10.2 Å². The van der Waals surface area contributed by atoms with Gasteiger partial charge in [-0.1, -0.05) is 23.7 Å². The van der Waals surface area contributed by atoms with Crippen molar-refractivity contribution in [1.82, 2.24) is 19.7 Å². The lowest BCUT2D eigenvalue weighted by Crippen LogP contribution is -2.44. The van der Waals surface area contributed by atoms with Crippen LogP contribution in [0.4, 0.5) is 5.82 Å². The van der Waals surface area contributed by atoms with Crippen LogP contribution in [0.25, 0.3) is 16.9 Å². The molecule has 24 heavy (non-hydrogen) atoms. The van der Waals surface area contributed by atoms with E-state index in [1.165, 1.54) is 0 Å². The van der Waals surface area contributed by atoms with Crippen LogP contribution >= 0.6 is 11.6 Å². The number of halogens is 1. The highest BCUT2D eigenvalue weighted by atomic mass is 35.5. The molecule has 1 aliphatic heterocycles. The van der Waals surface area contributed by atoms with E-state index in [1.807, 2.05) is 34.9 Å². The molecule has 0 unspecified atom stereocenters. The predicted molar refractivity (Wildman–Crippen MR) is 93.2 cm³/mol. The van der Waals surface area contributed by atoms with Crippen molar-refractivity contribution in [3.05, 3.63) is 47.4 Å². The van der Waals surface area contributed by atoms with Crippen molar-refractivity contribution >= 4 is 23.1 Å². The van der Waals surface area contributed by atoms with Crippen LogP contribution in [-0.4, -0.2) is 40.5 Å². The Balaban J connectivity index is 1.86. The number of hydrogen-bond acceptors (Lipinski definition) is 5. The van der Waals surface area contributed by atoms with Gasteiger partial charge in [-0.25, -0.2) is 9.97 Å². The largest absolute Gasteiger partial charge is 0.351 e. The maximum absolute atomic E-state index is 9.37. The predicted octanol–water partition coefficient (Wildman–Crippen LogP) is 2.33. The molecule has 3 heterocycles. The summed E-state index contributed by atoms with van der Waals surface area (Å²) in [4.78, 5) is 11.4. The third-order valence-electron chi connectivity index (χ3n) is 4.15. The summed E-state index contributed by atoms with van der Waals surface area (Å²) in [6.45, 7) is 3.58. The van der Waals surface area contributed by atoms with E-state index in [9.17, 15) is 5.26 Å². The average molecular weight is 339 g/mol. The van der Waals surface area contributed by atoms with Crippen molar-refractivity contribution in [1.29, 1.82) is 5.26 Å². The first kappa shape index (κ1) is 14.9. The van der Waals surface area contributed by atoms with E-state index < -0.39 is 0 Å². The molecule has 3 aromatic rings. The summed E-state index contributed by atoms with van der Waals surface area (Å²) in [5.41, 5.74) is 2.93. The second-order valence-corrected chi connectivity index (χ2v) is 6.08. The molecule has 0 aliphatic carbocycles. The number of hydrogen-bond donors (Lipinski definition) is 1. The minimum absolute atomic E-state index is 0.469. The van der Waals surface area contributed by atoms with Crippen LogP contribution in [0.2, 0.25) is 5.02 Å². The number of piperazine rings is 1. The standard InChI is InChI=1S/C17H15ClN6/c18-13-3-1-12(2-4-13)15-11-24-14(9-19)10-21-16(17(24)22-15)23-7-5-20-6-8-23/h1-4,10-11,20H,5-8H2. The Morgan fingerprint density at radius 2 is 1.92 bits per heavy atom. The molecule has 2 aromatic heterocycles. The fraction of sp³-hybridized carbons (Fsp3) is 0.235. The maximum atomic E-state index is 9.37. The average Bonchev–Trinajstić information content (AvgIpc) is 3.07. The molecular weight excluding hydrogens is 324 g/mol. The highest BCUT2D eigenvalue weighted by molar-refractivity contribution is 6.30. The molecule has 0 radical (unpaired) electrons. The summed E-state index contributed by atoms with van der Waals surface area (Å²) in [6, 6.07) is 9.70. The number of aromatic nitrogens is 3. The number of nitrogens with one attached hydrogen (secondary N) is 1. The molecule has 0 bridgehead atoms. The topological polar surface area (TPSA) is 69.2 Å². The first-order chi connectivity index (χ1) is 11.8.